The van der Waals surface area contributed by atoms with Gasteiger partial charge in [-0.15, -0.1) is 24.8 Å². The van der Waals surface area contributed by atoms with Gasteiger partial charge in [-0.3, -0.25) is 0 Å². The highest BCUT2D eigenvalue weighted by atomic mass is 35.5. The van der Waals surface area contributed by atoms with Crippen LogP contribution in [0.25, 0.3) is 6.08 Å². The molecule has 0 amide bonds. The molecule has 0 fully saturated rings. The summed E-state index contributed by atoms with van der Waals surface area (Å²) in [6.07, 6.45) is 5.45. The number of rotatable bonds is 4. The molecule has 18 heavy (non-hydrogen) atoms. The molecule has 0 radical (unpaired) electrons. The van der Waals surface area contributed by atoms with Crippen molar-refractivity contribution in [2.75, 3.05) is 12.8 Å². The van der Waals surface area contributed by atoms with Crippen molar-refractivity contribution in [2.45, 2.75) is 19.4 Å². The number of methoxy groups -OCH3 is 1. The predicted molar refractivity (Wildman–Crippen MR) is 77.0 cm³/mol. The van der Waals surface area contributed by atoms with Crippen LogP contribution in [0, 0.1) is 5.82 Å². The van der Waals surface area contributed by atoms with Crippen LogP contribution < -0.4 is 16.2 Å². The summed E-state index contributed by atoms with van der Waals surface area (Å²) in [7, 11) is 1.35. The molecule has 7 heteroatoms. The van der Waals surface area contributed by atoms with Crippen LogP contribution in [0.2, 0.25) is 0 Å². The van der Waals surface area contributed by atoms with E-state index < -0.39 is 5.82 Å². The van der Waals surface area contributed by atoms with Gasteiger partial charge in [0.05, 0.1) is 7.11 Å². The van der Waals surface area contributed by atoms with Gasteiger partial charge in [0, 0.05) is 17.8 Å². The summed E-state index contributed by atoms with van der Waals surface area (Å²) >= 11 is 0. The second kappa shape index (κ2) is 8.97. The molecule has 0 saturated carbocycles. The summed E-state index contributed by atoms with van der Waals surface area (Å²) in [5.74, 6) is -0.483. The van der Waals surface area contributed by atoms with Gasteiger partial charge in [0.1, 0.15) is 0 Å². The van der Waals surface area contributed by atoms with E-state index in [1.165, 1.54) is 13.3 Å². The maximum absolute atomic E-state index is 13.7. The van der Waals surface area contributed by atoms with Gasteiger partial charge < -0.3 is 16.2 Å². The van der Waals surface area contributed by atoms with Crippen LogP contribution >= 0.6 is 24.8 Å². The Balaban J connectivity index is 0. The quantitative estimate of drug-likeness (QED) is 0.895. The van der Waals surface area contributed by atoms with Crippen LogP contribution in [0.3, 0.4) is 0 Å². The number of nitrogens with zero attached hydrogens (tertiary/aromatic N) is 1. The molecule has 4 N–H and O–H groups in total. The number of anilines is 1. The Hall–Kier alpha value is -1.04. The van der Waals surface area contributed by atoms with Gasteiger partial charge in [-0.1, -0.05) is 12.2 Å². The van der Waals surface area contributed by atoms with Crippen molar-refractivity contribution in [3.63, 3.8) is 0 Å². The number of pyridine rings is 1. The minimum Gasteiger partial charge on any atom is -0.490 e. The summed E-state index contributed by atoms with van der Waals surface area (Å²) < 4.78 is 18.6. The largest absolute Gasteiger partial charge is 0.490 e. The van der Waals surface area contributed by atoms with E-state index in [1.54, 1.807) is 12.2 Å². The van der Waals surface area contributed by atoms with Crippen molar-refractivity contribution in [3.8, 4) is 5.75 Å². The molecule has 1 atom stereocenters. The van der Waals surface area contributed by atoms with Crippen molar-refractivity contribution in [3.05, 3.63) is 23.7 Å². The van der Waals surface area contributed by atoms with E-state index >= 15 is 0 Å². The fourth-order valence-electron chi connectivity index (χ4n) is 1.22. The van der Waals surface area contributed by atoms with E-state index in [9.17, 15) is 4.39 Å². The zero-order chi connectivity index (χ0) is 12.1. The molecule has 0 aliphatic carbocycles. The zero-order valence-electron chi connectivity index (χ0n) is 10.2. The molecule has 0 aromatic carbocycles. The number of hydrogen-bond donors (Lipinski definition) is 2. The highest BCUT2D eigenvalue weighted by Crippen LogP contribution is 2.25. The second-order valence-electron chi connectivity index (χ2n) is 3.56. The number of halogens is 3. The maximum atomic E-state index is 13.7. The van der Waals surface area contributed by atoms with E-state index in [0.29, 0.717) is 12.0 Å². The third-order valence-corrected chi connectivity index (χ3v) is 2.04. The van der Waals surface area contributed by atoms with Gasteiger partial charge in [-0.25, -0.2) is 9.37 Å². The maximum Gasteiger partial charge on any atom is 0.197 e. The molecule has 1 aromatic rings. The lowest BCUT2D eigenvalue weighted by Crippen LogP contribution is -2.12. The molecular weight excluding hydrogens is 280 g/mol. The number of ether oxygens (including phenoxy) is 1. The normalized spacial score (nSPS) is 11.6. The van der Waals surface area contributed by atoms with Crippen molar-refractivity contribution in [1.82, 2.24) is 4.98 Å². The monoisotopic (exact) mass is 297 g/mol. The molecule has 0 aliphatic rings. The average molecular weight is 298 g/mol. The van der Waals surface area contributed by atoms with Crippen molar-refractivity contribution < 1.29 is 9.13 Å². The number of aromatic nitrogens is 1. The van der Waals surface area contributed by atoms with E-state index in [1.807, 2.05) is 6.92 Å². The highest BCUT2D eigenvalue weighted by Gasteiger charge is 2.11. The molecule has 104 valence electrons. The van der Waals surface area contributed by atoms with Crippen LogP contribution in [0.5, 0.6) is 5.75 Å². The van der Waals surface area contributed by atoms with E-state index in [4.69, 9.17) is 16.2 Å². The third kappa shape index (κ3) is 5.08. The Kier molecular flexibility index (Phi) is 9.61. The van der Waals surface area contributed by atoms with E-state index in [0.717, 1.165) is 0 Å². The summed E-state index contributed by atoms with van der Waals surface area (Å²) in [4.78, 5) is 3.84. The highest BCUT2D eigenvalue weighted by molar-refractivity contribution is 5.85. The van der Waals surface area contributed by atoms with E-state index in [-0.39, 0.29) is 42.4 Å². The van der Waals surface area contributed by atoms with Crippen molar-refractivity contribution in [2.24, 2.45) is 5.73 Å². The molecule has 0 unspecified atom stereocenters. The van der Waals surface area contributed by atoms with Gasteiger partial charge >= 0.3 is 0 Å². The van der Waals surface area contributed by atoms with Crippen molar-refractivity contribution >= 4 is 36.7 Å². The van der Waals surface area contributed by atoms with E-state index in [2.05, 4.69) is 4.98 Å². The first-order valence-corrected chi connectivity index (χ1v) is 4.96. The van der Waals surface area contributed by atoms with Crippen LogP contribution in [0.4, 0.5) is 10.2 Å². The Labute approximate surface area is 118 Å². The topological polar surface area (TPSA) is 74.2 Å². The number of nitrogens with two attached hydrogens (primary N) is 2. The lowest BCUT2D eigenvalue weighted by atomic mass is 10.2. The van der Waals surface area contributed by atoms with Gasteiger partial charge in [0.2, 0.25) is 0 Å². The second-order valence-corrected chi connectivity index (χ2v) is 3.56. The van der Waals surface area contributed by atoms with Gasteiger partial charge in [-0.2, -0.15) is 0 Å². The Morgan fingerprint density at radius 2 is 2.11 bits per heavy atom. The summed E-state index contributed by atoms with van der Waals surface area (Å²) in [6, 6.07) is 0.0444. The predicted octanol–water partition coefficient (Wildman–Crippen LogP) is 2.41. The first-order chi connectivity index (χ1) is 7.56. The smallest absolute Gasteiger partial charge is 0.197 e. The van der Waals surface area contributed by atoms with Crippen molar-refractivity contribution in [1.29, 1.82) is 0 Å². The molecule has 1 rings (SSSR count). The Bertz CT molecular complexity index is 400. The first kappa shape index (κ1) is 19.3. The lowest BCUT2D eigenvalue weighted by Gasteiger charge is -2.06. The molecule has 0 saturated heterocycles. The Morgan fingerprint density at radius 3 is 2.61 bits per heavy atom. The molecule has 1 heterocycles. The van der Waals surface area contributed by atoms with Gasteiger partial charge in [-0.05, 0) is 13.3 Å². The molecule has 4 nitrogen and oxygen atoms in total. The van der Waals surface area contributed by atoms with Crippen LogP contribution in [-0.4, -0.2) is 18.1 Å². The first-order valence-electron chi connectivity index (χ1n) is 4.96. The molecular formula is C11H18Cl2FN3O. The van der Waals surface area contributed by atoms with Crippen LogP contribution in [0.1, 0.15) is 18.9 Å². The number of hydrogen-bond acceptors (Lipinski definition) is 4. The lowest BCUT2D eigenvalue weighted by molar-refractivity contribution is 0.386. The minimum atomic E-state index is -0.504. The zero-order valence-corrected chi connectivity index (χ0v) is 11.9. The van der Waals surface area contributed by atoms with Crippen LogP contribution in [0.15, 0.2) is 12.3 Å². The molecule has 0 aliphatic heterocycles. The SMILES string of the molecule is COc1c(N)ncc(/C=C/C[C@H](C)N)c1F.Cl.Cl. The molecule has 0 spiro atoms. The van der Waals surface area contributed by atoms with Crippen LogP contribution in [-0.2, 0) is 0 Å². The van der Waals surface area contributed by atoms with Gasteiger partial charge in [0.25, 0.3) is 0 Å². The summed E-state index contributed by atoms with van der Waals surface area (Å²) in [6.45, 7) is 1.88. The van der Waals surface area contributed by atoms with Gasteiger partial charge in [0.15, 0.2) is 17.4 Å². The average Bonchev–Trinajstić information content (AvgIpc) is 2.22. The molecule has 0 bridgehead atoms. The fourth-order valence-corrected chi connectivity index (χ4v) is 1.22. The Morgan fingerprint density at radius 1 is 1.50 bits per heavy atom. The minimum absolute atomic E-state index is 0. The molecule has 1 aromatic heterocycles. The third-order valence-electron chi connectivity index (χ3n) is 2.04. The summed E-state index contributed by atoms with van der Waals surface area (Å²) in [5.41, 5.74) is 11.4. The number of nitrogen functional groups attached to an aromatic ring is 1. The fraction of sp³-hybridized carbons (Fsp3) is 0.364. The standard InChI is InChI=1S/C11H16FN3O.2ClH/c1-7(13)4-3-5-8-6-15-11(14)10(16-2)9(8)12;;/h3,5-7H,4,13H2,1-2H3,(H2,14,15);2*1H/b5-3+;;/t7-;;/m0../s1. The summed E-state index contributed by atoms with van der Waals surface area (Å²) in [5, 5.41) is 0.